The first-order valence-electron chi connectivity index (χ1n) is 5.85. The topological polar surface area (TPSA) is 80.3 Å². The van der Waals surface area contributed by atoms with Crippen molar-refractivity contribution in [2.75, 3.05) is 5.75 Å². The molecular weight excluding hydrogens is 286 g/mol. The first kappa shape index (κ1) is 16.1. The van der Waals surface area contributed by atoms with Crippen molar-refractivity contribution in [1.29, 1.82) is 0 Å². The second kappa shape index (κ2) is 5.22. The Balaban J connectivity index is 3.46. The molecular formula is C12H19NO4S2. The van der Waals surface area contributed by atoms with Gasteiger partial charge in [0, 0.05) is 5.54 Å². The van der Waals surface area contributed by atoms with E-state index in [0.29, 0.717) is 0 Å². The summed E-state index contributed by atoms with van der Waals surface area (Å²) in [7, 11) is -7.46. The molecule has 0 fully saturated rings. The number of rotatable bonds is 4. The van der Waals surface area contributed by atoms with E-state index in [1.54, 1.807) is 20.8 Å². The highest BCUT2D eigenvalue weighted by atomic mass is 32.2. The summed E-state index contributed by atoms with van der Waals surface area (Å²) < 4.78 is 50.9. The van der Waals surface area contributed by atoms with Gasteiger partial charge in [0.05, 0.1) is 10.6 Å². The highest BCUT2D eigenvalue weighted by Crippen LogP contribution is 2.22. The van der Waals surface area contributed by atoms with Crippen LogP contribution in [0.3, 0.4) is 0 Å². The molecule has 0 radical (unpaired) electrons. The smallest absolute Gasteiger partial charge is 0.224 e. The van der Waals surface area contributed by atoms with Gasteiger partial charge in [0.25, 0.3) is 0 Å². The number of benzene rings is 1. The summed E-state index contributed by atoms with van der Waals surface area (Å²) in [5.74, 6) is -0.144. The van der Waals surface area contributed by atoms with E-state index in [9.17, 15) is 16.8 Å². The van der Waals surface area contributed by atoms with Crippen molar-refractivity contribution in [3.63, 3.8) is 0 Å². The van der Waals surface area contributed by atoms with Crippen molar-refractivity contribution < 1.29 is 16.8 Å². The van der Waals surface area contributed by atoms with E-state index in [1.807, 2.05) is 0 Å². The zero-order chi connectivity index (χ0) is 14.9. The maximum Gasteiger partial charge on any atom is 0.242 e. The summed E-state index contributed by atoms with van der Waals surface area (Å²) in [6.07, 6.45) is 0. The largest absolute Gasteiger partial charge is 0.242 e. The Morgan fingerprint density at radius 2 is 1.47 bits per heavy atom. The normalized spacial score (nSPS) is 13.5. The van der Waals surface area contributed by atoms with Crippen molar-refractivity contribution in [1.82, 2.24) is 4.72 Å². The average molecular weight is 305 g/mol. The molecule has 0 bridgehead atoms. The van der Waals surface area contributed by atoms with E-state index in [1.165, 1.54) is 31.2 Å². The van der Waals surface area contributed by atoms with Crippen molar-refractivity contribution in [2.45, 2.75) is 43.0 Å². The highest BCUT2D eigenvalue weighted by Gasteiger charge is 2.28. The Hall–Kier alpha value is -0.920. The van der Waals surface area contributed by atoms with Gasteiger partial charge in [-0.05, 0) is 32.9 Å². The summed E-state index contributed by atoms with van der Waals surface area (Å²) in [5, 5.41) is 0. The van der Waals surface area contributed by atoms with Gasteiger partial charge in [0.15, 0.2) is 9.84 Å². The zero-order valence-corrected chi connectivity index (χ0v) is 13.1. The lowest BCUT2D eigenvalue weighted by Gasteiger charge is -2.21. The molecule has 0 atom stereocenters. The van der Waals surface area contributed by atoms with Crippen LogP contribution in [0.2, 0.25) is 0 Å². The molecule has 1 N–H and O–H groups in total. The predicted octanol–water partition coefficient (Wildman–Crippen LogP) is 1.56. The monoisotopic (exact) mass is 305 g/mol. The first-order chi connectivity index (χ1) is 8.49. The highest BCUT2D eigenvalue weighted by molar-refractivity contribution is 7.93. The summed E-state index contributed by atoms with van der Waals surface area (Å²) in [4.78, 5) is -0.360. The molecule has 0 heterocycles. The Labute approximate surface area is 115 Å². The standard InChI is InChI=1S/C12H19NO4S2/c1-5-18(14,15)10-8-6-7-9-11(10)19(16,17)13-12(2,3)4/h6-9,13H,5H2,1-4H3. The van der Waals surface area contributed by atoms with Crippen molar-refractivity contribution >= 4 is 19.9 Å². The summed E-state index contributed by atoms with van der Waals surface area (Å²) in [6.45, 7) is 6.57. The lowest BCUT2D eigenvalue weighted by atomic mass is 10.1. The zero-order valence-electron chi connectivity index (χ0n) is 11.5. The quantitative estimate of drug-likeness (QED) is 0.915. The van der Waals surface area contributed by atoms with Gasteiger partial charge in [-0.3, -0.25) is 0 Å². The van der Waals surface area contributed by atoms with Crippen LogP contribution in [0.25, 0.3) is 0 Å². The molecule has 0 aliphatic carbocycles. The molecule has 1 aromatic carbocycles. The van der Waals surface area contributed by atoms with Crippen LogP contribution >= 0.6 is 0 Å². The number of hydrogen-bond acceptors (Lipinski definition) is 4. The fraction of sp³-hybridized carbons (Fsp3) is 0.500. The Kier molecular flexibility index (Phi) is 4.44. The van der Waals surface area contributed by atoms with E-state index in [4.69, 9.17) is 0 Å². The molecule has 1 aromatic rings. The minimum Gasteiger partial charge on any atom is -0.224 e. The van der Waals surface area contributed by atoms with Crippen LogP contribution < -0.4 is 4.72 Å². The van der Waals surface area contributed by atoms with E-state index < -0.39 is 25.4 Å². The van der Waals surface area contributed by atoms with Crippen LogP contribution in [0, 0.1) is 0 Å². The van der Waals surface area contributed by atoms with Crippen molar-refractivity contribution in [3.05, 3.63) is 24.3 Å². The second-order valence-corrected chi connectivity index (χ2v) is 9.10. The van der Waals surface area contributed by atoms with E-state index >= 15 is 0 Å². The maximum absolute atomic E-state index is 12.3. The van der Waals surface area contributed by atoms with Crippen LogP contribution in [0.5, 0.6) is 0 Å². The molecule has 0 saturated carbocycles. The third-order valence-electron chi connectivity index (χ3n) is 2.29. The van der Waals surface area contributed by atoms with Gasteiger partial charge in [-0.25, -0.2) is 21.6 Å². The fourth-order valence-electron chi connectivity index (χ4n) is 1.54. The molecule has 0 aliphatic rings. The Morgan fingerprint density at radius 1 is 1.00 bits per heavy atom. The molecule has 5 nitrogen and oxygen atoms in total. The minimum atomic E-state index is -3.87. The van der Waals surface area contributed by atoms with Gasteiger partial charge < -0.3 is 0 Å². The minimum absolute atomic E-state index is 0.144. The van der Waals surface area contributed by atoms with Crippen LogP contribution in [-0.4, -0.2) is 28.1 Å². The number of nitrogens with one attached hydrogen (secondary N) is 1. The molecule has 0 spiro atoms. The molecule has 1 rings (SSSR count). The number of sulfonamides is 1. The molecule has 0 saturated heterocycles. The summed E-state index contributed by atoms with van der Waals surface area (Å²) >= 11 is 0. The summed E-state index contributed by atoms with van der Waals surface area (Å²) in [6, 6.07) is 5.64. The number of hydrogen-bond donors (Lipinski definition) is 1. The summed E-state index contributed by atoms with van der Waals surface area (Å²) in [5.41, 5.74) is -0.679. The average Bonchev–Trinajstić information content (AvgIpc) is 2.26. The van der Waals surface area contributed by atoms with Gasteiger partial charge >= 0.3 is 0 Å². The van der Waals surface area contributed by atoms with Crippen LogP contribution in [0.1, 0.15) is 27.7 Å². The molecule has 0 aromatic heterocycles. The SMILES string of the molecule is CCS(=O)(=O)c1ccccc1S(=O)(=O)NC(C)(C)C. The second-order valence-electron chi connectivity index (χ2n) is 5.21. The lowest BCUT2D eigenvalue weighted by molar-refractivity contribution is 0.490. The van der Waals surface area contributed by atoms with E-state index in [2.05, 4.69) is 4.72 Å². The molecule has 19 heavy (non-hydrogen) atoms. The fourth-order valence-corrected chi connectivity index (χ4v) is 4.73. The van der Waals surface area contributed by atoms with Crippen LogP contribution in [0.4, 0.5) is 0 Å². The molecule has 0 unspecified atom stereocenters. The molecule has 0 amide bonds. The van der Waals surface area contributed by atoms with E-state index in [0.717, 1.165) is 0 Å². The Morgan fingerprint density at radius 3 is 1.89 bits per heavy atom. The lowest BCUT2D eigenvalue weighted by Crippen LogP contribution is -2.40. The van der Waals surface area contributed by atoms with Crippen molar-refractivity contribution in [3.8, 4) is 0 Å². The molecule has 108 valence electrons. The maximum atomic E-state index is 12.3. The molecule has 0 aliphatic heterocycles. The predicted molar refractivity (Wildman–Crippen MR) is 74.2 cm³/mol. The molecule has 7 heteroatoms. The van der Waals surface area contributed by atoms with Crippen LogP contribution in [0.15, 0.2) is 34.1 Å². The van der Waals surface area contributed by atoms with Crippen molar-refractivity contribution in [2.24, 2.45) is 0 Å². The van der Waals surface area contributed by atoms with Gasteiger partial charge in [-0.15, -0.1) is 0 Å². The van der Waals surface area contributed by atoms with E-state index in [-0.39, 0.29) is 15.5 Å². The van der Waals surface area contributed by atoms with Gasteiger partial charge in [0.2, 0.25) is 10.0 Å². The van der Waals surface area contributed by atoms with Crippen LogP contribution in [-0.2, 0) is 19.9 Å². The Bertz CT molecular complexity index is 655. The van der Waals surface area contributed by atoms with Gasteiger partial charge in [-0.2, -0.15) is 0 Å². The van der Waals surface area contributed by atoms with Gasteiger partial charge in [-0.1, -0.05) is 19.1 Å². The first-order valence-corrected chi connectivity index (χ1v) is 8.99. The third-order valence-corrected chi connectivity index (χ3v) is 6.03. The third kappa shape index (κ3) is 4.02. The van der Waals surface area contributed by atoms with Gasteiger partial charge in [0.1, 0.15) is 4.90 Å². The number of sulfone groups is 1.